The van der Waals surface area contributed by atoms with Crippen molar-refractivity contribution in [1.29, 1.82) is 5.41 Å². The molecule has 0 spiro atoms. The third kappa shape index (κ3) is 1.96. The third-order valence-electron chi connectivity index (χ3n) is 1.53. The summed E-state index contributed by atoms with van der Waals surface area (Å²) in [5.41, 5.74) is 0.127. The lowest BCUT2D eigenvalue weighted by atomic mass is 9.97. The molecule has 0 unspecified atom stereocenters. The SMILES string of the molecule is CSC(=N)N1CC(C)(C)C=N1. The van der Waals surface area contributed by atoms with Crippen LogP contribution in [-0.2, 0) is 0 Å². The number of thioether (sulfide) groups is 1. The molecule has 1 aliphatic rings. The van der Waals surface area contributed by atoms with Crippen LogP contribution in [-0.4, -0.2) is 29.2 Å². The summed E-state index contributed by atoms with van der Waals surface area (Å²) in [6.07, 6.45) is 3.79. The van der Waals surface area contributed by atoms with Crippen LogP contribution in [0.15, 0.2) is 5.10 Å². The molecule has 0 aromatic rings. The van der Waals surface area contributed by atoms with Crippen LogP contribution in [0.25, 0.3) is 0 Å². The summed E-state index contributed by atoms with van der Waals surface area (Å²) < 4.78 is 0. The predicted molar refractivity (Wildman–Crippen MR) is 50.2 cm³/mol. The molecule has 0 aromatic heterocycles. The maximum atomic E-state index is 7.49. The highest BCUT2D eigenvalue weighted by Crippen LogP contribution is 2.22. The molecular weight excluding hydrogens is 158 g/mol. The molecule has 11 heavy (non-hydrogen) atoms. The van der Waals surface area contributed by atoms with E-state index in [1.54, 1.807) is 5.01 Å². The van der Waals surface area contributed by atoms with E-state index >= 15 is 0 Å². The van der Waals surface area contributed by atoms with Crippen LogP contribution in [0.3, 0.4) is 0 Å². The molecular formula is C7H13N3S. The summed E-state index contributed by atoms with van der Waals surface area (Å²) in [7, 11) is 0. The smallest absolute Gasteiger partial charge is 0.176 e. The molecule has 0 fully saturated rings. The van der Waals surface area contributed by atoms with Gasteiger partial charge in [-0.25, -0.2) is 5.01 Å². The van der Waals surface area contributed by atoms with E-state index in [1.165, 1.54) is 11.8 Å². The fourth-order valence-electron chi connectivity index (χ4n) is 0.923. The van der Waals surface area contributed by atoms with E-state index in [1.807, 2.05) is 12.5 Å². The van der Waals surface area contributed by atoms with Crippen molar-refractivity contribution >= 4 is 23.1 Å². The lowest BCUT2D eigenvalue weighted by molar-refractivity contribution is 0.390. The van der Waals surface area contributed by atoms with Gasteiger partial charge in [-0.05, 0) is 6.26 Å². The van der Waals surface area contributed by atoms with Crippen molar-refractivity contribution in [3.63, 3.8) is 0 Å². The van der Waals surface area contributed by atoms with E-state index in [9.17, 15) is 0 Å². The summed E-state index contributed by atoms with van der Waals surface area (Å²) in [5, 5.41) is 13.9. The molecule has 1 N–H and O–H groups in total. The van der Waals surface area contributed by atoms with Gasteiger partial charge in [0, 0.05) is 11.6 Å². The first-order valence-electron chi connectivity index (χ1n) is 3.50. The number of hydrazone groups is 1. The van der Waals surface area contributed by atoms with Gasteiger partial charge in [0.15, 0.2) is 5.17 Å². The minimum atomic E-state index is 0.127. The van der Waals surface area contributed by atoms with Gasteiger partial charge in [0.2, 0.25) is 0 Å². The van der Waals surface area contributed by atoms with Gasteiger partial charge in [-0.1, -0.05) is 25.6 Å². The molecule has 0 radical (unpaired) electrons. The van der Waals surface area contributed by atoms with E-state index in [-0.39, 0.29) is 5.41 Å². The van der Waals surface area contributed by atoms with Gasteiger partial charge >= 0.3 is 0 Å². The Bertz CT molecular complexity index is 198. The standard InChI is InChI=1S/C7H13N3S/c1-7(2)4-9-10(5-7)6(8)11-3/h4,8H,5H2,1-3H3. The number of amidine groups is 1. The number of hydrogen-bond donors (Lipinski definition) is 1. The van der Waals surface area contributed by atoms with Crippen molar-refractivity contribution < 1.29 is 0 Å². The Balaban J connectivity index is 2.57. The Morgan fingerprint density at radius 1 is 1.73 bits per heavy atom. The molecule has 0 saturated carbocycles. The zero-order valence-electron chi connectivity index (χ0n) is 7.09. The second kappa shape index (κ2) is 2.85. The molecule has 3 nitrogen and oxygen atoms in total. The minimum absolute atomic E-state index is 0.127. The molecule has 62 valence electrons. The summed E-state index contributed by atoms with van der Waals surface area (Å²) in [6.45, 7) is 5.06. The molecule has 4 heteroatoms. The van der Waals surface area contributed by atoms with E-state index in [0.29, 0.717) is 5.17 Å². The lowest BCUT2D eigenvalue weighted by Gasteiger charge is -2.17. The highest BCUT2D eigenvalue weighted by molar-refractivity contribution is 8.13. The number of nitrogens with zero attached hydrogens (tertiary/aromatic N) is 2. The van der Waals surface area contributed by atoms with Gasteiger partial charge in [-0.3, -0.25) is 5.41 Å². The second-order valence-corrected chi connectivity index (χ2v) is 4.10. The van der Waals surface area contributed by atoms with Crippen molar-refractivity contribution in [3.05, 3.63) is 0 Å². The Labute approximate surface area is 71.4 Å². The van der Waals surface area contributed by atoms with E-state index in [4.69, 9.17) is 5.41 Å². The zero-order valence-corrected chi connectivity index (χ0v) is 7.90. The highest BCUT2D eigenvalue weighted by Gasteiger charge is 2.26. The molecule has 0 aliphatic carbocycles. The largest absolute Gasteiger partial charge is 0.277 e. The quantitative estimate of drug-likeness (QED) is 0.444. The van der Waals surface area contributed by atoms with Crippen molar-refractivity contribution in [2.45, 2.75) is 13.8 Å². The topological polar surface area (TPSA) is 39.5 Å². The van der Waals surface area contributed by atoms with Crippen LogP contribution < -0.4 is 0 Å². The summed E-state index contributed by atoms with van der Waals surface area (Å²) in [6, 6.07) is 0. The highest BCUT2D eigenvalue weighted by atomic mass is 32.2. The Morgan fingerprint density at radius 3 is 2.73 bits per heavy atom. The van der Waals surface area contributed by atoms with Gasteiger partial charge in [-0.15, -0.1) is 0 Å². The zero-order chi connectivity index (χ0) is 8.48. The van der Waals surface area contributed by atoms with Crippen LogP contribution in [0.4, 0.5) is 0 Å². The number of hydrogen-bond acceptors (Lipinski definition) is 3. The Kier molecular flexibility index (Phi) is 2.23. The number of rotatable bonds is 0. The second-order valence-electron chi connectivity index (χ2n) is 3.30. The third-order valence-corrected chi connectivity index (χ3v) is 2.13. The minimum Gasteiger partial charge on any atom is -0.277 e. The van der Waals surface area contributed by atoms with Crippen molar-refractivity contribution in [1.82, 2.24) is 5.01 Å². The molecule has 0 atom stereocenters. The maximum absolute atomic E-state index is 7.49. The number of nitrogens with one attached hydrogen (secondary N) is 1. The molecule has 0 bridgehead atoms. The lowest BCUT2D eigenvalue weighted by Crippen LogP contribution is -2.26. The fourth-order valence-corrected chi connectivity index (χ4v) is 1.25. The molecule has 1 rings (SSSR count). The van der Waals surface area contributed by atoms with Gasteiger partial charge in [0.25, 0.3) is 0 Å². The average Bonchev–Trinajstić information content (AvgIpc) is 2.29. The molecule has 0 amide bonds. The van der Waals surface area contributed by atoms with Crippen LogP contribution in [0.5, 0.6) is 0 Å². The summed E-state index contributed by atoms with van der Waals surface area (Å²) in [4.78, 5) is 0. The van der Waals surface area contributed by atoms with Crippen molar-refractivity contribution in [2.24, 2.45) is 10.5 Å². The van der Waals surface area contributed by atoms with Gasteiger partial charge in [0.05, 0.1) is 6.54 Å². The molecule has 1 aliphatic heterocycles. The molecule has 1 heterocycles. The first kappa shape index (κ1) is 8.59. The van der Waals surface area contributed by atoms with Crippen molar-refractivity contribution in [2.75, 3.05) is 12.8 Å². The van der Waals surface area contributed by atoms with Gasteiger partial charge in [-0.2, -0.15) is 5.10 Å². The van der Waals surface area contributed by atoms with Crippen LogP contribution in [0.2, 0.25) is 0 Å². The first-order valence-corrected chi connectivity index (χ1v) is 4.73. The predicted octanol–water partition coefficient (Wildman–Crippen LogP) is 1.61. The summed E-state index contributed by atoms with van der Waals surface area (Å²) in [5.74, 6) is 0. The normalized spacial score (nSPS) is 20.8. The Hall–Kier alpha value is -0.510. The molecule has 0 saturated heterocycles. The Morgan fingerprint density at radius 2 is 2.36 bits per heavy atom. The van der Waals surface area contributed by atoms with E-state index in [2.05, 4.69) is 18.9 Å². The van der Waals surface area contributed by atoms with Gasteiger partial charge in [0.1, 0.15) is 0 Å². The van der Waals surface area contributed by atoms with Crippen molar-refractivity contribution in [3.8, 4) is 0 Å². The molecule has 0 aromatic carbocycles. The first-order chi connectivity index (χ1) is 5.05. The fraction of sp³-hybridized carbons (Fsp3) is 0.714. The van der Waals surface area contributed by atoms with Crippen LogP contribution in [0.1, 0.15) is 13.8 Å². The van der Waals surface area contributed by atoms with E-state index < -0.39 is 0 Å². The van der Waals surface area contributed by atoms with Crippen LogP contribution in [0, 0.1) is 10.8 Å². The summed E-state index contributed by atoms with van der Waals surface area (Å²) >= 11 is 1.42. The monoisotopic (exact) mass is 171 g/mol. The van der Waals surface area contributed by atoms with E-state index in [0.717, 1.165) is 6.54 Å². The van der Waals surface area contributed by atoms with Crippen LogP contribution >= 0.6 is 11.8 Å². The average molecular weight is 171 g/mol. The maximum Gasteiger partial charge on any atom is 0.176 e. The van der Waals surface area contributed by atoms with Gasteiger partial charge < -0.3 is 0 Å².